The van der Waals surface area contributed by atoms with Crippen molar-refractivity contribution in [3.05, 3.63) is 11.8 Å². The minimum atomic E-state index is 0.336. The Kier molecular flexibility index (Phi) is 2.95. The normalized spacial score (nSPS) is 17.0. The van der Waals surface area contributed by atoms with Crippen LogP contribution in [0.15, 0.2) is 6.07 Å². The van der Waals surface area contributed by atoms with Gasteiger partial charge in [0, 0.05) is 24.7 Å². The average molecular weight is 208 g/mol. The molecule has 4 nitrogen and oxygen atoms in total. The second-order valence-electron chi connectivity index (χ2n) is 4.61. The molecule has 0 bridgehead atoms. The summed E-state index contributed by atoms with van der Waals surface area (Å²) in [5.74, 6) is 0.760. The largest absolute Gasteiger partial charge is 0.384 e. The molecule has 3 N–H and O–H groups in total. The molecular formula is C11H20N4. The van der Waals surface area contributed by atoms with Crippen molar-refractivity contribution in [2.75, 3.05) is 5.73 Å². The molecule has 0 aliphatic heterocycles. The molecule has 1 fully saturated rings. The summed E-state index contributed by atoms with van der Waals surface area (Å²) in [7, 11) is 0. The Morgan fingerprint density at radius 3 is 2.80 bits per heavy atom. The third kappa shape index (κ3) is 2.31. The predicted molar refractivity (Wildman–Crippen MR) is 61.5 cm³/mol. The van der Waals surface area contributed by atoms with Gasteiger partial charge in [-0.2, -0.15) is 5.10 Å². The summed E-state index contributed by atoms with van der Waals surface area (Å²) in [6.07, 6.45) is 3.97. The summed E-state index contributed by atoms with van der Waals surface area (Å²) in [6, 6.07) is 3.00. The number of aromatic nitrogens is 2. The number of anilines is 1. The molecule has 1 saturated carbocycles. The minimum absolute atomic E-state index is 0.336. The van der Waals surface area contributed by atoms with E-state index < -0.39 is 0 Å². The highest BCUT2D eigenvalue weighted by Crippen LogP contribution is 2.19. The van der Waals surface area contributed by atoms with Crippen LogP contribution in [0.25, 0.3) is 0 Å². The molecule has 0 aromatic carbocycles. The molecule has 0 spiro atoms. The molecule has 0 atom stereocenters. The summed E-state index contributed by atoms with van der Waals surface area (Å²) in [4.78, 5) is 0. The van der Waals surface area contributed by atoms with Gasteiger partial charge >= 0.3 is 0 Å². The van der Waals surface area contributed by atoms with Crippen molar-refractivity contribution in [1.29, 1.82) is 0 Å². The van der Waals surface area contributed by atoms with Crippen molar-refractivity contribution in [2.24, 2.45) is 0 Å². The topological polar surface area (TPSA) is 55.9 Å². The van der Waals surface area contributed by atoms with Crippen LogP contribution in [0.2, 0.25) is 0 Å². The highest BCUT2D eigenvalue weighted by molar-refractivity contribution is 5.31. The standard InChI is InChI=1S/C11H20N4/c1-8(2)15-11(12)6-10(14-15)7-13-9-4-3-5-9/h6,8-9,13H,3-5,7,12H2,1-2H3. The highest BCUT2D eigenvalue weighted by atomic mass is 15.3. The summed E-state index contributed by atoms with van der Waals surface area (Å²) in [5, 5.41) is 7.95. The van der Waals surface area contributed by atoms with E-state index in [0.717, 1.165) is 18.1 Å². The maximum absolute atomic E-state index is 5.87. The molecule has 84 valence electrons. The van der Waals surface area contributed by atoms with Crippen LogP contribution >= 0.6 is 0 Å². The van der Waals surface area contributed by atoms with E-state index in [-0.39, 0.29) is 0 Å². The van der Waals surface area contributed by atoms with Gasteiger partial charge in [0.05, 0.1) is 5.69 Å². The monoisotopic (exact) mass is 208 g/mol. The number of nitrogens with two attached hydrogens (primary N) is 1. The maximum Gasteiger partial charge on any atom is 0.122 e. The fraction of sp³-hybridized carbons (Fsp3) is 0.727. The van der Waals surface area contributed by atoms with Gasteiger partial charge in [-0.3, -0.25) is 0 Å². The summed E-state index contributed by atoms with van der Waals surface area (Å²) >= 11 is 0. The summed E-state index contributed by atoms with van der Waals surface area (Å²) in [5.41, 5.74) is 6.92. The first-order valence-corrected chi connectivity index (χ1v) is 5.74. The molecule has 0 radical (unpaired) electrons. The van der Waals surface area contributed by atoms with E-state index in [1.807, 2.05) is 10.7 Å². The predicted octanol–water partition coefficient (Wildman–Crippen LogP) is 1.69. The molecular weight excluding hydrogens is 188 g/mol. The van der Waals surface area contributed by atoms with Crippen molar-refractivity contribution in [2.45, 2.75) is 51.7 Å². The van der Waals surface area contributed by atoms with Crippen LogP contribution in [0.5, 0.6) is 0 Å². The van der Waals surface area contributed by atoms with Gasteiger partial charge in [0.1, 0.15) is 5.82 Å². The second-order valence-corrected chi connectivity index (χ2v) is 4.61. The van der Waals surface area contributed by atoms with Crippen molar-refractivity contribution >= 4 is 5.82 Å². The van der Waals surface area contributed by atoms with Crippen LogP contribution in [0.3, 0.4) is 0 Å². The van der Waals surface area contributed by atoms with Crippen molar-refractivity contribution in [1.82, 2.24) is 15.1 Å². The molecule has 1 aliphatic rings. The lowest BCUT2D eigenvalue weighted by Gasteiger charge is -2.26. The van der Waals surface area contributed by atoms with Crippen LogP contribution < -0.4 is 11.1 Å². The Morgan fingerprint density at radius 2 is 2.33 bits per heavy atom. The second kappa shape index (κ2) is 4.23. The van der Waals surface area contributed by atoms with Crippen LogP contribution in [-0.2, 0) is 6.54 Å². The fourth-order valence-corrected chi connectivity index (χ4v) is 1.82. The molecule has 4 heteroatoms. The molecule has 2 rings (SSSR count). The molecule has 1 aromatic rings. The smallest absolute Gasteiger partial charge is 0.122 e. The first-order valence-electron chi connectivity index (χ1n) is 5.74. The number of hydrogen-bond acceptors (Lipinski definition) is 3. The fourth-order valence-electron chi connectivity index (χ4n) is 1.82. The third-order valence-electron chi connectivity index (χ3n) is 2.98. The number of nitrogens with zero attached hydrogens (tertiary/aromatic N) is 2. The molecule has 1 heterocycles. The number of nitrogens with one attached hydrogen (secondary N) is 1. The molecule has 15 heavy (non-hydrogen) atoms. The number of nitrogen functional groups attached to an aromatic ring is 1. The van der Waals surface area contributed by atoms with Gasteiger partial charge < -0.3 is 11.1 Å². The molecule has 1 aromatic heterocycles. The Labute approximate surface area is 90.8 Å². The van der Waals surface area contributed by atoms with Crippen LogP contribution in [0, 0.1) is 0 Å². The zero-order chi connectivity index (χ0) is 10.8. The van der Waals surface area contributed by atoms with Gasteiger partial charge in [-0.05, 0) is 26.7 Å². The Hall–Kier alpha value is -1.03. The maximum atomic E-state index is 5.87. The molecule has 0 saturated heterocycles. The van der Waals surface area contributed by atoms with E-state index in [1.54, 1.807) is 0 Å². The summed E-state index contributed by atoms with van der Waals surface area (Å²) in [6.45, 7) is 5.02. The van der Waals surface area contributed by atoms with Gasteiger partial charge in [-0.15, -0.1) is 0 Å². The minimum Gasteiger partial charge on any atom is -0.384 e. The first-order chi connectivity index (χ1) is 7.16. The molecule has 1 aliphatic carbocycles. The SMILES string of the molecule is CC(C)n1nc(CNC2CCC2)cc1N. The molecule has 0 amide bonds. The third-order valence-corrected chi connectivity index (χ3v) is 2.98. The Balaban J connectivity index is 1.93. The first kappa shape index (κ1) is 10.5. The van der Waals surface area contributed by atoms with Crippen LogP contribution in [0.1, 0.15) is 44.8 Å². The van der Waals surface area contributed by atoms with E-state index in [2.05, 4.69) is 24.3 Å². The highest BCUT2D eigenvalue weighted by Gasteiger charge is 2.17. The van der Waals surface area contributed by atoms with Crippen LogP contribution in [-0.4, -0.2) is 15.8 Å². The van der Waals surface area contributed by atoms with Crippen LogP contribution in [0.4, 0.5) is 5.82 Å². The lowest BCUT2D eigenvalue weighted by molar-refractivity contribution is 0.336. The lowest BCUT2D eigenvalue weighted by Crippen LogP contribution is -2.34. The van der Waals surface area contributed by atoms with E-state index in [4.69, 9.17) is 5.73 Å². The van der Waals surface area contributed by atoms with Gasteiger partial charge in [0.25, 0.3) is 0 Å². The van der Waals surface area contributed by atoms with E-state index >= 15 is 0 Å². The summed E-state index contributed by atoms with van der Waals surface area (Å²) < 4.78 is 1.87. The van der Waals surface area contributed by atoms with E-state index in [0.29, 0.717) is 12.1 Å². The zero-order valence-corrected chi connectivity index (χ0v) is 9.53. The van der Waals surface area contributed by atoms with Gasteiger partial charge in [-0.25, -0.2) is 4.68 Å². The van der Waals surface area contributed by atoms with Crippen molar-refractivity contribution in [3.63, 3.8) is 0 Å². The zero-order valence-electron chi connectivity index (χ0n) is 9.53. The van der Waals surface area contributed by atoms with Crippen molar-refractivity contribution < 1.29 is 0 Å². The number of hydrogen-bond donors (Lipinski definition) is 2. The van der Waals surface area contributed by atoms with Gasteiger partial charge in [-0.1, -0.05) is 6.42 Å². The average Bonchev–Trinajstić information content (AvgIpc) is 2.44. The quantitative estimate of drug-likeness (QED) is 0.791. The Bertz CT molecular complexity index is 325. The van der Waals surface area contributed by atoms with E-state index in [9.17, 15) is 0 Å². The number of rotatable bonds is 4. The Morgan fingerprint density at radius 1 is 1.60 bits per heavy atom. The van der Waals surface area contributed by atoms with Crippen molar-refractivity contribution in [3.8, 4) is 0 Å². The van der Waals surface area contributed by atoms with E-state index in [1.165, 1.54) is 19.3 Å². The van der Waals surface area contributed by atoms with Gasteiger partial charge in [0.15, 0.2) is 0 Å². The molecule has 0 unspecified atom stereocenters. The van der Waals surface area contributed by atoms with Gasteiger partial charge in [0.2, 0.25) is 0 Å². The lowest BCUT2D eigenvalue weighted by atomic mass is 9.93.